The largest absolute Gasteiger partial charge is 0.478 e. The van der Waals surface area contributed by atoms with Gasteiger partial charge in [-0.2, -0.15) is 0 Å². The predicted molar refractivity (Wildman–Crippen MR) is 57.2 cm³/mol. The van der Waals surface area contributed by atoms with Crippen molar-refractivity contribution in [2.75, 3.05) is 0 Å². The van der Waals surface area contributed by atoms with Crippen molar-refractivity contribution in [2.45, 2.75) is 0 Å². The highest BCUT2D eigenvalue weighted by Gasteiger charge is 2.15. The first kappa shape index (κ1) is 13.3. The molecule has 8 heteroatoms. The lowest BCUT2D eigenvalue weighted by atomic mass is 10.2. The molecule has 17 heavy (non-hydrogen) atoms. The molecule has 0 spiro atoms. The maximum absolute atomic E-state index is 10.8. The van der Waals surface area contributed by atoms with E-state index in [-0.39, 0.29) is 17.1 Å². The molecule has 0 radical (unpaired) electrons. The second-order valence-corrected chi connectivity index (χ2v) is 3.26. The molecule has 0 atom stereocenters. The molecule has 6 nitrogen and oxygen atoms in total. The minimum atomic E-state index is -1.33. The van der Waals surface area contributed by atoms with E-state index in [9.17, 15) is 14.4 Å². The van der Waals surface area contributed by atoms with Crippen molar-refractivity contribution in [3.8, 4) is 11.5 Å². The molecule has 1 aromatic carbocycles. The number of halogens is 2. The third-order valence-corrected chi connectivity index (χ3v) is 1.73. The highest BCUT2D eigenvalue weighted by molar-refractivity contribution is 6.61. The summed E-state index contributed by atoms with van der Waals surface area (Å²) in [5, 5.41) is 8.78. The lowest BCUT2D eigenvalue weighted by molar-refractivity contribution is 0.0694. The molecule has 90 valence electrons. The van der Waals surface area contributed by atoms with Crippen molar-refractivity contribution in [3.05, 3.63) is 23.8 Å². The molecule has 0 bridgehead atoms. The Morgan fingerprint density at radius 3 is 2.12 bits per heavy atom. The summed E-state index contributed by atoms with van der Waals surface area (Å²) in [5.41, 5.74) is -2.65. The lowest BCUT2D eigenvalue weighted by Crippen LogP contribution is -2.05. The number of carboxylic acids is 1. The van der Waals surface area contributed by atoms with Crippen LogP contribution in [0.5, 0.6) is 11.5 Å². The van der Waals surface area contributed by atoms with Crippen LogP contribution in [0, 0.1) is 0 Å². The zero-order valence-corrected chi connectivity index (χ0v) is 9.49. The minimum Gasteiger partial charge on any atom is -0.478 e. The quantitative estimate of drug-likeness (QED) is 0.855. The molecule has 0 aliphatic heterocycles. The number of ether oxygens (including phenoxy) is 2. The number of carbonyl (C=O) groups is 3. The molecule has 0 unspecified atom stereocenters. The van der Waals surface area contributed by atoms with Gasteiger partial charge < -0.3 is 14.6 Å². The second-order valence-electron chi connectivity index (χ2n) is 2.64. The first-order valence-electron chi connectivity index (χ1n) is 4.02. The number of hydrogen-bond acceptors (Lipinski definition) is 5. The number of hydrogen-bond donors (Lipinski definition) is 1. The van der Waals surface area contributed by atoms with Gasteiger partial charge in [0.25, 0.3) is 0 Å². The summed E-state index contributed by atoms with van der Waals surface area (Å²) in [6.07, 6.45) is 0. The molecule has 0 aromatic heterocycles. The van der Waals surface area contributed by atoms with Gasteiger partial charge in [-0.15, -0.1) is 0 Å². The molecule has 0 aliphatic carbocycles. The van der Waals surface area contributed by atoms with Gasteiger partial charge in [0, 0.05) is 29.3 Å². The summed E-state index contributed by atoms with van der Waals surface area (Å²) in [4.78, 5) is 31.8. The Bertz CT molecular complexity index is 484. The Morgan fingerprint density at radius 2 is 1.65 bits per heavy atom. The van der Waals surface area contributed by atoms with Crippen LogP contribution in [-0.4, -0.2) is 21.9 Å². The van der Waals surface area contributed by atoms with Gasteiger partial charge in [-0.25, -0.2) is 14.4 Å². The van der Waals surface area contributed by atoms with Gasteiger partial charge in [-0.3, -0.25) is 0 Å². The van der Waals surface area contributed by atoms with Crippen molar-refractivity contribution < 1.29 is 29.0 Å². The minimum absolute atomic E-state index is 0.0806. The fourth-order valence-corrected chi connectivity index (χ4v) is 1.18. The average Bonchev–Trinajstić information content (AvgIpc) is 2.15. The van der Waals surface area contributed by atoms with Crippen LogP contribution in [0.2, 0.25) is 0 Å². The lowest BCUT2D eigenvalue weighted by Gasteiger charge is -2.06. The van der Waals surface area contributed by atoms with Crippen LogP contribution in [0.25, 0.3) is 0 Å². The topological polar surface area (TPSA) is 89.9 Å². The van der Waals surface area contributed by atoms with Gasteiger partial charge in [0.15, 0.2) is 0 Å². The van der Waals surface area contributed by atoms with Crippen molar-refractivity contribution in [3.63, 3.8) is 0 Å². The molecule has 0 fully saturated rings. The van der Waals surface area contributed by atoms with Crippen molar-refractivity contribution in [2.24, 2.45) is 0 Å². The van der Waals surface area contributed by atoms with Gasteiger partial charge in [0.2, 0.25) is 0 Å². The summed E-state index contributed by atoms with van der Waals surface area (Å²) in [7, 11) is 0. The first-order valence-corrected chi connectivity index (χ1v) is 4.77. The van der Waals surface area contributed by atoms with E-state index < -0.39 is 16.8 Å². The number of benzene rings is 1. The number of rotatable bonds is 3. The Hall–Kier alpha value is -1.79. The van der Waals surface area contributed by atoms with Crippen LogP contribution < -0.4 is 9.47 Å². The van der Waals surface area contributed by atoms with Gasteiger partial charge in [-0.1, -0.05) is 0 Å². The van der Waals surface area contributed by atoms with Crippen LogP contribution in [-0.2, 0) is 0 Å². The maximum Gasteiger partial charge on any atom is 0.409 e. The van der Waals surface area contributed by atoms with Crippen LogP contribution in [0.1, 0.15) is 10.4 Å². The molecule has 0 heterocycles. The Morgan fingerprint density at radius 1 is 1.06 bits per heavy atom. The van der Waals surface area contributed by atoms with E-state index in [0.717, 1.165) is 12.1 Å². The highest BCUT2D eigenvalue weighted by Crippen LogP contribution is 2.26. The van der Waals surface area contributed by atoms with Crippen LogP contribution in [0.4, 0.5) is 9.59 Å². The summed E-state index contributed by atoms with van der Waals surface area (Å²) in [6, 6.07) is 3.26. The van der Waals surface area contributed by atoms with Gasteiger partial charge >= 0.3 is 16.8 Å². The number of aromatic carboxylic acids is 1. The Balaban J connectivity index is 3.13. The molecule has 1 rings (SSSR count). The highest BCUT2D eigenvalue weighted by atomic mass is 35.5. The molecule has 1 aromatic rings. The third kappa shape index (κ3) is 3.93. The van der Waals surface area contributed by atoms with Crippen molar-refractivity contribution >= 4 is 40.0 Å². The number of carboxylic acid groups (broad SMARTS) is 1. The third-order valence-electron chi connectivity index (χ3n) is 1.57. The predicted octanol–water partition coefficient (Wildman–Crippen LogP) is 2.86. The van der Waals surface area contributed by atoms with Crippen LogP contribution in [0.3, 0.4) is 0 Å². The Labute approximate surface area is 105 Å². The Kier molecular flexibility index (Phi) is 4.30. The van der Waals surface area contributed by atoms with Gasteiger partial charge in [0.05, 0.1) is 0 Å². The summed E-state index contributed by atoms with van der Waals surface area (Å²) in [5.74, 6) is -1.77. The van der Waals surface area contributed by atoms with Crippen molar-refractivity contribution in [1.29, 1.82) is 0 Å². The first-order chi connectivity index (χ1) is 7.90. The van der Waals surface area contributed by atoms with E-state index in [1.807, 2.05) is 0 Å². The summed E-state index contributed by atoms with van der Waals surface area (Å²) >= 11 is 9.92. The average molecular weight is 279 g/mol. The van der Waals surface area contributed by atoms with Crippen LogP contribution in [0.15, 0.2) is 18.2 Å². The van der Waals surface area contributed by atoms with E-state index in [1.165, 1.54) is 6.07 Å². The maximum atomic E-state index is 10.8. The zero-order valence-electron chi connectivity index (χ0n) is 7.98. The number of carbonyl (C=O) groups excluding carboxylic acids is 2. The summed E-state index contributed by atoms with van der Waals surface area (Å²) < 4.78 is 8.91. The van der Waals surface area contributed by atoms with Crippen molar-refractivity contribution in [1.82, 2.24) is 0 Å². The fraction of sp³-hybridized carbons (Fsp3) is 0. The van der Waals surface area contributed by atoms with E-state index in [2.05, 4.69) is 9.47 Å². The zero-order chi connectivity index (χ0) is 13.0. The van der Waals surface area contributed by atoms with E-state index in [4.69, 9.17) is 28.3 Å². The SMILES string of the molecule is O=C(Cl)Oc1ccc(C(=O)O)c(OC(=O)Cl)c1. The summed E-state index contributed by atoms with van der Waals surface area (Å²) in [6.45, 7) is 0. The molecule has 1 N–H and O–H groups in total. The molecule has 0 amide bonds. The molecule has 0 aliphatic rings. The fourth-order valence-electron chi connectivity index (χ4n) is 1.01. The van der Waals surface area contributed by atoms with E-state index in [1.54, 1.807) is 0 Å². The standard InChI is InChI=1S/C9H4Cl2O6/c10-8(14)16-4-1-2-5(7(12)13)6(3-4)17-9(11)15/h1-3H,(H,12,13). The van der Waals surface area contributed by atoms with E-state index >= 15 is 0 Å². The molecular weight excluding hydrogens is 275 g/mol. The monoisotopic (exact) mass is 278 g/mol. The molecule has 0 saturated carbocycles. The smallest absolute Gasteiger partial charge is 0.409 e. The van der Waals surface area contributed by atoms with Crippen LogP contribution >= 0.6 is 23.2 Å². The van der Waals surface area contributed by atoms with E-state index in [0.29, 0.717) is 0 Å². The van der Waals surface area contributed by atoms with Gasteiger partial charge in [-0.05, 0) is 12.1 Å². The second kappa shape index (κ2) is 5.51. The molecular formula is C9H4Cl2O6. The normalized spacial score (nSPS) is 9.53. The van der Waals surface area contributed by atoms with Gasteiger partial charge in [0.1, 0.15) is 17.1 Å². The molecule has 0 saturated heterocycles.